The predicted molar refractivity (Wildman–Crippen MR) is 312 cm³/mol. The van der Waals surface area contributed by atoms with Crippen LogP contribution in [-0.4, -0.2) is 6.79 Å². The Hall–Kier alpha value is -5.15. The second-order valence-electron chi connectivity index (χ2n) is 17.5. The maximum atomic E-state index is 8.00. The number of hydrogen-bond acceptors (Lipinski definition) is 1. The molecule has 0 fully saturated rings. The molecule has 0 aliphatic heterocycles. The third kappa shape index (κ3) is 16.5. The van der Waals surface area contributed by atoms with Gasteiger partial charge in [0.25, 0.3) is 0 Å². The van der Waals surface area contributed by atoms with Crippen LogP contribution in [0.25, 0.3) is 0 Å². The van der Waals surface area contributed by atoms with E-state index in [0.717, 1.165) is 0 Å². The van der Waals surface area contributed by atoms with Gasteiger partial charge in [-0.1, -0.05) is 268 Å². The number of carbonyl (C=O) groups is 1. The zero-order chi connectivity index (χ0) is 50.6. The molecule has 0 spiro atoms. The fourth-order valence-corrected chi connectivity index (χ4v) is 14.3. The molecule has 0 aliphatic carbocycles. The Labute approximate surface area is 439 Å². The largest absolute Gasteiger partial charge is 1.00 e. The van der Waals surface area contributed by atoms with Gasteiger partial charge in [-0.2, -0.15) is 0 Å². The fraction of sp³-hybridized carbons (Fsp3) is 0.141. The average molecular weight is 1080 g/mol. The summed E-state index contributed by atoms with van der Waals surface area (Å²) in [5.74, 6) is 0. The van der Waals surface area contributed by atoms with Gasteiger partial charge in [-0.3, -0.25) is 0 Å². The molecular weight excluding hydrogens is 1010 g/mol. The van der Waals surface area contributed by atoms with E-state index in [1.165, 1.54) is 97.8 Å². The summed E-state index contributed by atoms with van der Waals surface area (Å²) in [5.41, 5.74) is 11.8. The van der Waals surface area contributed by atoms with Gasteiger partial charge >= 0.3 is 27.0 Å². The summed E-state index contributed by atoms with van der Waals surface area (Å²) in [4.78, 5) is 8.00. The zero-order valence-corrected chi connectivity index (χ0v) is 47.2. The monoisotopic (exact) mass is 1080 g/mol. The number of rotatable bonds is 9. The van der Waals surface area contributed by atoms with Crippen LogP contribution in [0.3, 0.4) is 0 Å². The van der Waals surface area contributed by atoms with Crippen molar-refractivity contribution in [3.8, 4) is 0 Å². The summed E-state index contributed by atoms with van der Waals surface area (Å²) in [5, 5.41) is 12.7. The van der Waals surface area contributed by atoms with E-state index in [0.29, 0.717) is 0 Å². The Bertz CT molecular complexity index is 2260. The van der Waals surface area contributed by atoms with Crippen LogP contribution in [0.1, 0.15) is 51.5 Å². The molecule has 0 unspecified atom stereocenters. The number of halogens is 1. The topological polar surface area (TPSA) is 17.1 Å². The van der Waals surface area contributed by atoms with E-state index in [1.54, 1.807) is 0 Å². The van der Waals surface area contributed by atoms with Crippen molar-refractivity contribution in [2.24, 2.45) is 0 Å². The van der Waals surface area contributed by atoms with Crippen molar-refractivity contribution in [1.29, 1.82) is 0 Å². The normalized spacial score (nSPS) is 10.4. The average Bonchev–Trinajstić information content (AvgIpc) is 3.38. The molecule has 359 valence electrons. The summed E-state index contributed by atoms with van der Waals surface area (Å²) in [6.45, 7) is 21.3. The molecule has 9 aromatic carbocycles. The maximum Gasteiger partial charge on any atom is -1.00 e. The summed E-state index contributed by atoms with van der Waals surface area (Å²) in [6.07, 6.45) is 0. The molecule has 9 aromatic rings. The van der Waals surface area contributed by atoms with E-state index < -0.39 is 23.8 Å². The molecule has 70 heavy (non-hydrogen) atoms. The third-order valence-electron chi connectivity index (χ3n) is 11.6. The predicted octanol–water partition coefficient (Wildman–Crippen LogP) is 13.7. The van der Waals surface area contributed by atoms with Crippen molar-refractivity contribution in [2.75, 3.05) is 0 Å². The Kier molecular flexibility index (Phi) is 22.8. The Balaban J connectivity index is 0.000000222. The van der Waals surface area contributed by atoms with Gasteiger partial charge < -0.3 is 6.22 Å². The van der Waals surface area contributed by atoms with Crippen LogP contribution in [0.2, 0.25) is 0 Å². The summed E-state index contributed by atoms with van der Waals surface area (Å²) >= 11 is 1.82. The summed E-state index contributed by atoms with van der Waals surface area (Å²) in [7, 11) is 3.12. The second kappa shape index (κ2) is 28.6. The molecule has 0 radical (unpaired) electrons. The van der Waals surface area contributed by atoms with E-state index >= 15 is 0 Å². The van der Waals surface area contributed by atoms with E-state index in [1.807, 2.05) is 24.1 Å². The Morgan fingerprint density at radius 1 is 0.229 bits per heavy atom. The molecule has 1 nitrogen and oxygen atoms in total. The minimum Gasteiger partial charge on any atom is -1.00 e. The van der Waals surface area contributed by atoms with Crippen molar-refractivity contribution in [1.82, 2.24) is 0 Å². The number of benzene rings is 9. The first-order valence-corrected chi connectivity index (χ1v) is 29.6. The smallest absolute Gasteiger partial charge is 1.00 e. The summed E-state index contributed by atoms with van der Waals surface area (Å²) in [6, 6.07) is 80.9. The molecular formula is C64H66ClOP3Ru-. The van der Waals surface area contributed by atoms with E-state index in [9.17, 15) is 0 Å². The molecule has 9 rings (SSSR count). The molecule has 0 saturated heterocycles. The van der Waals surface area contributed by atoms with Crippen LogP contribution >= 0.6 is 33.5 Å². The SMILES string of the molecule is C=O.Cc1ccc(P(c2ccc(C)cc2)c2ccc(C)cc2)cc1.Cc1ccc(P(c2ccc(C)cc2)c2ccc(C)cc2)cc1.Cc1ccc(P(c2ccc(C)cc2)c2ccc(C)cc2)cc1.[Cl][Ru].[H-]. The van der Waals surface area contributed by atoms with Gasteiger partial charge in [0.2, 0.25) is 0 Å². The van der Waals surface area contributed by atoms with Gasteiger partial charge in [-0.15, -0.1) is 0 Å². The van der Waals surface area contributed by atoms with Crippen molar-refractivity contribution in [3.05, 3.63) is 268 Å². The molecule has 0 saturated carbocycles. The number of hydrogen-bond donors (Lipinski definition) is 0. The quantitative estimate of drug-likeness (QED) is 0.104. The molecule has 0 N–H and O–H groups in total. The molecule has 6 heteroatoms. The Morgan fingerprint density at radius 3 is 0.371 bits per heavy atom. The third-order valence-corrected chi connectivity index (χ3v) is 19.0. The molecule has 0 amide bonds. The van der Waals surface area contributed by atoms with Gasteiger partial charge in [-0.25, -0.2) is 0 Å². The molecule has 0 aromatic heterocycles. The van der Waals surface area contributed by atoms with Crippen LogP contribution in [0.15, 0.2) is 218 Å². The molecule has 0 bridgehead atoms. The first-order valence-electron chi connectivity index (χ1n) is 23.3. The first kappa shape index (κ1) is 55.8. The first-order chi connectivity index (χ1) is 33.9. The van der Waals surface area contributed by atoms with Gasteiger partial charge in [0.1, 0.15) is 6.79 Å². The van der Waals surface area contributed by atoms with Gasteiger partial charge in [-0.05, 0) is 134 Å². The van der Waals surface area contributed by atoms with Crippen molar-refractivity contribution < 1.29 is 23.5 Å². The summed E-state index contributed by atoms with van der Waals surface area (Å²) < 4.78 is 0. The second-order valence-corrected chi connectivity index (χ2v) is 24.2. The minimum absolute atomic E-state index is 0. The number of aryl methyl sites for hydroxylation is 9. The molecule has 0 atom stereocenters. The van der Waals surface area contributed by atoms with Crippen molar-refractivity contribution in [2.45, 2.75) is 62.3 Å². The zero-order valence-electron chi connectivity index (χ0n) is 43.0. The van der Waals surface area contributed by atoms with E-state index in [4.69, 9.17) is 4.79 Å². The van der Waals surface area contributed by atoms with Crippen LogP contribution in [0.5, 0.6) is 0 Å². The standard InChI is InChI=1S/3C21H21P.CH2O.ClH.Ru.H/c3*1-16-4-10-19(11-5-16)22(20-12-6-17(2)7-13-20)21-14-8-18(3)9-15-21;1-2;;;/h3*4-15H,1-3H3;1H2;1H;;/q;;;;;+1;-1/p-1. The van der Waals surface area contributed by atoms with Crippen LogP contribution < -0.4 is 47.7 Å². The van der Waals surface area contributed by atoms with Gasteiger partial charge in [0.15, 0.2) is 0 Å². The Morgan fingerprint density at radius 2 is 0.300 bits per heavy atom. The van der Waals surface area contributed by atoms with E-state index in [2.05, 4.69) is 290 Å². The van der Waals surface area contributed by atoms with E-state index in [-0.39, 0.29) is 1.43 Å². The fourth-order valence-electron chi connectivity index (χ4n) is 7.59. The van der Waals surface area contributed by atoms with Gasteiger partial charge in [0.05, 0.1) is 0 Å². The van der Waals surface area contributed by atoms with Crippen LogP contribution in [-0.2, 0) is 22.1 Å². The molecule has 0 aliphatic rings. The maximum absolute atomic E-state index is 8.00. The van der Waals surface area contributed by atoms with Crippen LogP contribution in [0.4, 0.5) is 0 Å². The number of carbonyl (C=O) groups excluding carboxylic acids is 1. The van der Waals surface area contributed by atoms with Crippen molar-refractivity contribution >= 4 is 88.0 Å². The molecule has 0 heterocycles. The van der Waals surface area contributed by atoms with Gasteiger partial charge in [0, 0.05) is 0 Å². The minimum atomic E-state index is -0.483. The van der Waals surface area contributed by atoms with Crippen LogP contribution in [0, 0.1) is 62.3 Å². The van der Waals surface area contributed by atoms with Crippen molar-refractivity contribution in [3.63, 3.8) is 0 Å².